The molecule has 10 nitrogen and oxygen atoms in total. The number of hydrogen-bond acceptors (Lipinski definition) is 9. The van der Waals surface area contributed by atoms with Gasteiger partial charge in [0.1, 0.15) is 0 Å². The van der Waals surface area contributed by atoms with E-state index in [4.69, 9.17) is 24.9 Å². The van der Waals surface area contributed by atoms with Gasteiger partial charge in [-0.2, -0.15) is 10.5 Å². The molecule has 0 spiro atoms. The van der Waals surface area contributed by atoms with Crippen molar-refractivity contribution >= 4 is 79.0 Å². The lowest BCUT2D eigenvalue weighted by Gasteiger charge is -2.44. The number of fused-ring (bicyclic) bond motifs is 7. The van der Waals surface area contributed by atoms with Crippen molar-refractivity contribution in [2.75, 3.05) is 9.80 Å². The van der Waals surface area contributed by atoms with Gasteiger partial charge in [-0.3, -0.25) is 0 Å². The van der Waals surface area contributed by atoms with Gasteiger partial charge in [-0.15, -0.1) is 0 Å². The Kier molecular flexibility index (Phi) is 16.9. The Labute approximate surface area is 671 Å². The number of nitriles is 2. The van der Waals surface area contributed by atoms with Crippen LogP contribution < -0.4 is 26.2 Å². The lowest BCUT2D eigenvalue weighted by Crippen LogP contribution is -2.61. The normalized spacial score (nSPS) is 11.9. The molecular formula is C105H65BN10. The van der Waals surface area contributed by atoms with Crippen molar-refractivity contribution in [1.29, 1.82) is 10.5 Å². The van der Waals surface area contributed by atoms with E-state index in [0.717, 1.165) is 178 Å². The Morgan fingerprint density at radius 1 is 0.233 bits per heavy atom. The van der Waals surface area contributed by atoms with E-state index >= 15 is 0 Å². The van der Waals surface area contributed by atoms with Crippen LogP contribution in [-0.4, -0.2) is 36.2 Å². The van der Waals surface area contributed by atoms with Crippen LogP contribution in [0.3, 0.4) is 0 Å². The van der Waals surface area contributed by atoms with Gasteiger partial charge in [-0.25, -0.2) is 24.9 Å². The van der Waals surface area contributed by atoms with E-state index in [-0.39, 0.29) is 6.71 Å². The van der Waals surface area contributed by atoms with E-state index in [1.165, 1.54) is 0 Å². The lowest BCUT2D eigenvalue weighted by molar-refractivity contribution is 1.06. The summed E-state index contributed by atoms with van der Waals surface area (Å²) in [4.78, 5) is 31.8. The number of anilines is 6. The molecule has 3 aromatic heterocycles. The van der Waals surface area contributed by atoms with Gasteiger partial charge in [-0.05, 0) is 187 Å². The fraction of sp³-hybridized carbons (Fsp3) is 0. The summed E-state index contributed by atoms with van der Waals surface area (Å²) < 4.78 is 2.35. The van der Waals surface area contributed by atoms with Gasteiger partial charge in [-0.1, -0.05) is 279 Å². The second kappa shape index (κ2) is 28.7. The number of benzene rings is 16. The Morgan fingerprint density at radius 2 is 0.603 bits per heavy atom. The minimum atomic E-state index is -0.355. The Hall–Kier alpha value is -15.9. The van der Waals surface area contributed by atoms with Crippen LogP contribution >= 0.6 is 0 Å². The minimum Gasteiger partial charge on any atom is -0.311 e. The molecule has 0 saturated heterocycles. The van der Waals surface area contributed by atoms with Gasteiger partial charge in [0, 0.05) is 78.3 Å². The average molecular weight is 1480 g/mol. The summed E-state index contributed by atoms with van der Waals surface area (Å²) in [5.41, 5.74) is 29.6. The molecular weight excluding hydrogens is 1410 g/mol. The molecule has 5 heterocycles. The number of rotatable bonds is 14. The smallest absolute Gasteiger partial charge is 0.252 e. The maximum Gasteiger partial charge on any atom is 0.252 e. The average Bonchev–Trinajstić information content (AvgIpc) is 0.773. The van der Waals surface area contributed by atoms with E-state index in [9.17, 15) is 10.5 Å². The van der Waals surface area contributed by atoms with Crippen molar-refractivity contribution in [2.24, 2.45) is 0 Å². The molecule has 0 fully saturated rings. The number of nitrogens with zero attached hydrogens (tertiary/aromatic N) is 10. The zero-order valence-corrected chi connectivity index (χ0v) is 62.6. The monoisotopic (exact) mass is 1480 g/mol. The first-order valence-corrected chi connectivity index (χ1v) is 38.8. The van der Waals surface area contributed by atoms with Crippen LogP contribution in [0.25, 0.3) is 151 Å². The molecule has 2 aliphatic rings. The fourth-order valence-electron chi connectivity index (χ4n) is 17.0. The second-order valence-electron chi connectivity index (χ2n) is 29.4. The van der Waals surface area contributed by atoms with Crippen molar-refractivity contribution in [3.63, 3.8) is 0 Å². The summed E-state index contributed by atoms with van der Waals surface area (Å²) >= 11 is 0. The van der Waals surface area contributed by atoms with E-state index in [0.29, 0.717) is 34.4 Å². The number of para-hydroxylation sites is 1. The quantitative estimate of drug-likeness (QED) is 0.0979. The summed E-state index contributed by atoms with van der Waals surface area (Å²) in [5.74, 6) is 2.07. The molecule has 0 atom stereocenters. The molecule has 0 unspecified atom stereocenters. The Balaban J connectivity index is 0.832. The molecule has 116 heavy (non-hydrogen) atoms. The predicted molar refractivity (Wildman–Crippen MR) is 473 cm³/mol. The van der Waals surface area contributed by atoms with Crippen LogP contribution in [0.1, 0.15) is 11.1 Å². The molecule has 0 N–H and O–H groups in total. The maximum atomic E-state index is 11.1. The van der Waals surface area contributed by atoms with Gasteiger partial charge >= 0.3 is 0 Å². The van der Waals surface area contributed by atoms with Gasteiger partial charge in [0.05, 0.1) is 51.4 Å². The molecule has 19 aromatic rings. The van der Waals surface area contributed by atoms with Gasteiger partial charge in [0.2, 0.25) is 0 Å². The van der Waals surface area contributed by atoms with Crippen molar-refractivity contribution in [3.8, 4) is 142 Å². The topological polar surface area (TPSA) is 123 Å². The largest absolute Gasteiger partial charge is 0.311 e. The molecule has 0 radical (unpaired) electrons. The number of aromatic nitrogens is 6. The highest BCUT2D eigenvalue weighted by molar-refractivity contribution is 7.00. The highest BCUT2D eigenvalue weighted by Gasteiger charge is 2.44. The zero-order chi connectivity index (χ0) is 77.2. The summed E-state index contributed by atoms with van der Waals surface area (Å²) in [6, 6.07) is 143. The van der Waals surface area contributed by atoms with E-state index in [1.54, 1.807) is 0 Å². The Morgan fingerprint density at radius 3 is 1.04 bits per heavy atom. The second-order valence-corrected chi connectivity index (χ2v) is 29.4. The maximum absolute atomic E-state index is 11.1. The molecule has 2 aliphatic heterocycles. The first-order chi connectivity index (χ1) is 57.4. The van der Waals surface area contributed by atoms with Crippen LogP contribution in [0.4, 0.5) is 34.1 Å². The van der Waals surface area contributed by atoms with Crippen molar-refractivity contribution in [3.05, 3.63) is 405 Å². The first kappa shape index (κ1) is 68.1. The molecule has 11 heteroatoms. The predicted octanol–water partition coefficient (Wildman–Crippen LogP) is 23.9. The van der Waals surface area contributed by atoms with Crippen molar-refractivity contribution in [1.82, 2.24) is 29.5 Å². The third kappa shape index (κ3) is 12.2. The highest BCUT2D eigenvalue weighted by Crippen LogP contribution is 2.50. The van der Waals surface area contributed by atoms with Crippen LogP contribution in [0.15, 0.2) is 394 Å². The van der Waals surface area contributed by atoms with Gasteiger partial charge in [0.25, 0.3) is 6.71 Å². The van der Waals surface area contributed by atoms with E-state index in [2.05, 4.69) is 312 Å². The van der Waals surface area contributed by atoms with E-state index < -0.39 is 0 Å². The Bertz CT molecular complexity index is 6710. The SMILES string of the molecule is N#Cc1ccc2c(c1)N(c1cc(-c3ccccc3)cc(-c3ccccc3)c1)c1cc(-c3ccc4c(c3)c3ccccc3n4-c3ccc(-c4nc(-c5ccccc5)cc(-c5ccccc5)n4)cc3-c3nc(-c4ccccc4)nc(-c4ccccc4)n3)cc3c1B2c1ccc(C#N)cc1N3c1cc(-c2ccccc2)cc(-c2ccccc2)c1. The molecule has 21 rings (SSSR count). The van der Waals surface area contributed by atoms with E-state index in [1.807, 2.05) is 109 Å². The van der Waals surface area contributed by atoms with Crippen molar-refractivity contribution in [2.45, 2.75) is 0 Å². The van der Waals surface area contributed by atoms with Crippen LogP contribution in [-0.2, 0) is 0 Å². The highest BCUT2D eigenvalue weighted by atomic mass is 15.2. The first-order valence-electron chi connectivity index (χ1n) is 38.8. The van der Waals surface area contributed by atoms with Crippen LogP contribution in [0, 0.1) is 22.7 Å². The van der Waals surface area contributed by atoms with Gasteiger partial charge < -0.3 is 14.4 Å². The van der Waals surface area contributed by atoms with Crippen LogP contribution in [0.2, 0.25) is 0 Å². The zero-order valence-electron chi connectivity index (χ0n) is 62.6. The van der Waals surface area contributed by atoms with Gasteiger partial charge in [0.15, 0.2) is 23.3 Å². The van der Waals surface area contributed by atoms with Crippen molar-refractivity contribution < 1.29 is 0 Å². The number of hydrogen-bond donors (Lipinski definition) is 0. The third-order valence-electron chi connectivity index (χ3n) is 22.4. The molecule has 0 aliphatic carbocycles. The minimum absolute atomic E-state index is 0.355. The fourth-order valence-corrected chi connectivity index (χ4v) is 17.0. The molecule has 0 amide bonds. The summed E-state index contributed by atoms with van der Waals surface area (Å²) in [5, 5.41) is 24.2. The molecule has 538 valence electrons. The third-order valence-corrected chi connectivity index (χ3v) is 22.4. The molecule has 0 saturated carbocycles. The summed E-state index contributed by atoms with van der Waals surface area (Å²) in [7, 11) is 0. The summed E-state index contributed by atoms with van der Waals surface area (Å²) in [6.07, 6.45) is 0. The molecule has 16 aromatic carbocycles. The standard InChI is InChI=1S/C105H65BN10/c107-66-68-45-49-90-97(53-68)114(85-57-80(70-27-9-1-10-28-70)55-81(58-85)71-29-11-2-12-30-71)99-63-84(64-100-101(99)106(90)91-50-46-69(67-108)54-98(91)115(100)86-59-82(72-31-13-3-14-32-72)56-83(60-86)73-33-15-4-16-34-73)78-47-51-95-88(61-78)87-43-25-26-44-94(87)116(95)96-52-48-79(104-109-92(74-35-17-5-18-36-74)65-93(110-104)75-37-19-6-20-38-75)62-89(96)105-112-102(76-39-21-7-22-40-76)111-103(113-105)77-41-23-8-24-42-77/h1-65H. The summed E-state index contributed by atoms with van der Waals surface area (Å²) in [6.45, 7) is -0.355. The molecule has 0 bridgehead atoms. The van der Waals surface area contributed by atoms with Crippen LogP contribution in [0.5, 0.6) is 0 Å². The lowest BCUT2D eigenvalue weighted by atomic mass is 9.33.